The normalized spacial score (nSPS) is 20.9. The number of β-lactam (4-membered cyclic amide) rings is 1. The van der Waals surface area contributed by atoms with E-state index in [2.05, 4.69) is 5.32 Å². The van der Waals surface area contributed by atoms with Crippen molar-refractivity contribution in [1.29, 1.82) is 0 Å². The highest BCUT2D eigenvalue weighted by Gasteiger charge is 2.55. The molecule has 0 radical (unpaired) electrons. The van der Waals surface area contributed by atoms with E-state index in [0.29, 0.717) is 0 Å². The first-order valence-electron chi connectivity index (χ1n) is 12.7. The van der Waals surface area contributed by atoms with Gasteiger partial charge in [-0.1, -0.05) is 84.9 Å². The molecule has 0 spiro atoms. The van der Waals surface area contributed by atoms with E-state index in [1.165, 1.54) is 21.9 Å². The Bertz CT molecular complexity index is 1410. The number of rotatable bonds is 8. The van der Waals surface area contributed by atoms with Crippen molar-refractivity contribution in [2.45, 2.75) is 30.8 Å². The van der Waals surface area contributed by atoms with Crippen LogP contribution in [0.25, 0.3) is 6.08 Å². The molecule has 3 atom stereocenters. The molecule has 3 unspecified atom stereocenters. The maximum Gasteiger partial charge on any atom is 0.416 e. The molecule has 2 saturated heterocycles. The standard InChI is InChI=1S/C30H26F3N3O4/c31-30(32,33)23-13-7-10-21(16-23)17-34-26(37)18-35-24(15-14-20-8-3-1-4-9-20)27(28(35)38)36-25(19-40-29(36)39)22-11-5-2-6-12-22/h1-16,24-25,27H,17-19H2,(H,34,37). The van der Waals surface area contributed by atoms with E-state index in [0.717, 1.165) is 23.3 Å². The average molecular weight is 550 g/mol. The predicted octanol–water partition coefficient (Wildman–Crippen LogP) is 4.81. The second-order valence-electron chi connectivity index (χ2n) is 9.56. The highest BCUT2D eigenvalue weighted by atomic mass is 19.4. The van der Waals surface area contributed by atoms with Crippen molar-refractivity contribution >= 4 is 24.0 Å². The summed E-state index contributed by atoms with van der Waals surface area (Å²) in [6.45, 7) is -0.358. The lowest BCUT2D eigenvalue weighted by Gasteiger charge is -2.49. The number of likely N-dealkylation sites (tertiary alicyclic amines) is 1. The molecule has 1 N–H and O–H groups in total. The summed E-state index contributed by atoms with van der Waals surface area (Å²) < 4.78 is 44.4. The lowest BCUT2D eigenvalue weighted by molar-refractivity contribution is -0.157. The molecule has 3 aromatic carbocycles. The van der Waals surface area contributed by atoms with Crippen molar-refractivity contribution in [3.05, 3.63) is 113 Å². The van der Waals surface area contributed by atoms with Gasteiger partial charge in [0.15, 0.2) is 0 Å². The molecule has 3 aromatic rings. The minimum Gasteiger partial charge on any atom is -0.447 e. The van der Waals surface area contributed by atoms with Crippen LogP contribution in [0.2, 0.25) is 0 Å². The van der Waals surface area contributed by atoms with Crippen LogP contribution in [0, 0.1) is 0 Å². The fourth-order valence-corrected chi connectivity index (χ4v) is 4.94. The third-order valence-electron chi connectivity index (χ3n) is 6.96. The Labute approximate surface area is 228 Å². The van der Waals surface area contributed by atoms with Crippen molar-refractivity contribution in [3.8, 4) is 0 Å². The Kier molecular flexibility index (Phi) is 7.59. The largest absolute Gasteiger partial charge is 0.447 e. The van der Waals surface area contributed by atoms with Crippen LogP contribution in [0.3, 0.4) is 0 Å². The second kappa shape index (κ2) is 11.3. The van der Waals surface area contributed by atoms with Crippen LogP contribution < -0.4 is 5.32 Å². The molecule has 2 fully saturated rings. The molecular formula is C30H26F3N3O4. The molecule has 40 heavy (non-hydrogen) atoms. The van der Waals surface area contributed by atoms with Crippen LogP contribution in [0.5, 0.6) is 0 Å². The molecule has 10 heteroatoms. The predicted molar refractivity (Wildman–Crippen MR) is 140 cm³/mol. The van der Waals surface area contributed by atoms with Gasteiger partial charge in [0.25, 0.3) is 0 Å². The number of carbonyl (C=O) groups is 3. The number of halogens is 3. The zero-order valence-electron chi connectivity index (χ0n) is 21.3. The molecule has 0 aliphatic carbocycles. The summed E-state index contributed by atoms with van der Waals surface area (Å²) in [5.74, 6) is -0.956. The zero-order chi connectivity index (χ0) is 28.3. The van der Waals surface area contributed by atoms with Gasteiger partial charge in [-0.3, -0.25) is 14.5 Å². The molecule has 0 bridgehead atoms. The Morgan fingerprint density at radius 3 is 2.38 bits per heavy atom. The summed E-state index contributed by atoms with van der Waals surface area (Å²) >= 11 is 0. The number of benzene rings is 3. The lowest BCUT2D eigenvalue weighted by Crippen LogP contribution is -2.71. The highest BCUT2D eigenvalue weighted by molar-refractivity contribution is 5.96. The van der Waals surface area contributed by atoms with E-state index in [-0.39, 0.29) is 25.3 Å². The van der Waals surface area contributed by atoms with Crippen LogP contribution in [0.4, 0.5) is 18.0 Å². The van der Waals surface area contributed by atoms with E-state index in [1.807, 2.05) is 66.7 Å². The minimum absolute atomic E-state index is 0.0965. The molecule has 0 saturated carbocycles. The van der Waals surface area contributed by atoms with Gasteiger partial charge >= 0.3 is 12.3 Å². The van der Waals surface area contributed by atoms with Crippen LogP contribution in [-0.4, -0.2) is 52.9 Å². The lowest BCUT2D eigenvalue weighted by atomic mass is 9.90. The van der Waals surface area contributed by atoms with Crippen molar-refractivity contribution < 1.29 is 32.3 Å². The summed E-state index contributed by atoms with van der Waals surface area (Å²) in [4.78, 5) is 41.7. The van der Waals surface area contributed by atoms with E-state index in [1.54, 1.807) is 6.08 Å². The van der Waals surface area contributed by atoms with Gasteiger partial charge in [-0.05, 0) is 28.8 Å². The fourth-order valence-electron chi connectivity index (χ4n) is 4.94. The Morgan fingerprint density at radius 1 is 0.975 bits per heavy atom. The molecule has 3 amide bonds. The molecule has 2 aliphatic rings. The van der Waals surface area contributed by atoms with Gasteiger partial charge in [0.2, 0.25) is 11.8 Å². The number of alkyl halides is 3. The van der Waals surface area contributed by atoms with Crippen molar-refractivity contribution in [3.63, 3.8) is 0 Å². The van der Waals surface area contributed by atoms with Crippen molar-refractivity contribution in [2.24, 2.45) is 0 Å². The number of hydrogen-bond acceptors (Lipinski definition) is 4. The molecule has 0 aromatic heterocycles. The van der Waals surface area contributed by atoms with Gasteiger partial charge in [-0.2, -0.15) is 13.2 Å². The number of hydrogen-bond donors (Lipinski definition) is 1. The van der Waals surface area contributed by atoms with E-state index in [4.69, 9.17) is 4.74 Å². The maximum absolute atomic E-state index is 13.4. The van der Waals surface area contributed by atoms with Crippen LogP contribution in [-0.2, 0) is 27.0 Å². The van der Waals surface area contributed by atoms with E-state index >= 15 is 0 Å². The van der Waals surface area contributed by atoms with Gasteiger partial charge in [0.1, 0.15) is 19.2 Å². The first kappa shape index (κ1) is 27.0. The Hall–Kier alpha value is -4.60. The summed E-state index contributed by atoms with van der Waals surface area (Å²) in [6.07, 6.45) is -1.52. The van der Waals surface area contributed by atoms with Gasteiger partial charge < -0.3 is 15.0 Å². The second-order valence-corrected chi connectivity index (χ2v) is 9.56. The van der Waals surface area contributed by atoms with Crippen LogP contribution in [0.15, 0.2) is 91.0 Å². The Morgan fingerprint density at radius 2 is 1.68 bits per heavy atom. The number of nitrogens with one attached hydrogen (secondary N) is 1. The summed E-state index contributed by atoms with van der Waals surface area (Å²) in [5.41, 5.74) is 1.17. The highest BCUT2D eigenvalue weighted by Crippen LogP contribution is 2.37. The number of cyclic esters (lactones) is 1. The summed E-state index contributed by atoms with van der Waals surface area (Å²) in [6, 6.07) is 21.3. The zero-order valence-corrected chi connectivity index (χ0v) is 21.3. The van der Waals surface area contributed by atoms with Gasteiger partial charge in [-0.25, -0.2) is 4.79 Å². The molecule has 2 aliphatic heterocycles. The Balaban J connectivity index is 1.33. The number of ether oxygens (including phenoxy) is 1. The van der Waals surface area contributed by atoms with E-state index < -0.39 is 47.8 Å². The first-order valence-corrected chi connectivity index (χ1v) is 12.7. The molecule has 2 heterocycles. The number of amides is 3. The number of nitrogens with zero attached hydrogens (tertiary/aromatic N) is 2. The smallest absolute Gasteiger partial charge is 0.416 e. The van der Waals surface area contributed by atoms with Crippen LogP contribution >= 0.6 is 0 Å². The molecular weight excluding hydrogens is 523 g/mol. The van der Waals surface area contributed by atoms with Crippen LogP contribution in [0.1, 0.15) is 28.3 Å². The van der Waals surface area contributed by atoms with E-state index in [9.17, 15) is 27.6 Å². The van der Waals surface area contributed by atoms with Gasteiger partial charge in [-0.15, -0.1) is 0 Å². The fraction of sp³-hybridized carbons (Fsp3) is 0.233. The molecule has 5 rings (SSSR count). The van der Waals surface area contributed by atoms with Gasteiger partial charge in [0.05, 0.1) is 17.6 Å². The summed E-state index contributed by atoms with van der Waals surface area (Å²) in [5, 5.41) is 2.59. The monoisotopic (exact) mass is 549 g/mol. The molecule has 206 valence electrons. The SMILES string of the molecule is O=C(CN1C(=O)C(N2C(=O)OCC2c2ccccc2)C1C=Cc1ccccc1)NCc1cccc(C(F)(F)F)c1. The minimum atomic E-state index is -4.49. The number of carbonyl (C=O) groups excluding carboxylic acids is 3. The maximum atomic E-state index is 13.4. The van der Waals surface area contributed by atoms with Gasteiger partial charge in [0, 0.05) is 6.54 Å². The third kappa shape index (κ3) is 5.70. The average Bonchev–Trinajstić information content (AvgIpc) is 3.33. The van der Waals surface area contributed by atoms with Crippen molar-refractivity contribution in [2.75, 3.05) is 13.2 Å². The summed E-state index contributed by atoms with van der Waals surface area (Å²) in [7, 11) is 0. The van der Waals surface area contributed by atoms with Crippen molar-refractivity contribution in [1.82, 2.24) is 15.1 Å². The topological polar surface area (TPSA) is 79.0 Å². The third-order valence-corrected chi connectivity index (χ3v) is 6.96. The quantitative estimate of drug-likeness (QED) is 0.409. The molecule has 7 nitrogen and oxygen atoms in total. The first-order chi connectivity index (χ1) is 19.2.